The Hall–Kier alpha value is -3.43. The number of hydrogen-bond donors (Lipinski definition) is 0. The number of benzene rings is 2. The average molecular weight is 445 g/mol. The summed E-state index contributed by atoms with van der Waals surface area (Å²) in [6.45, 7) is 0.618. The van der Waals surface area contributed by atoms with Gasteiger partial charge in [0.1, 0.15) is 0 Å². The minimum absolute atomic E-state index is 0.100. The van der Waals surface area contributed by atoms with Gasteiger partial charge in [-0.2, -0.15) is 0 Å². The van der Waals surface area contributed by atoms with Crippen LogP contribution in [0.25, 0.3) is 0 Å². The standard InChI is InChI=1S/C26H24N2O3S/c1-28-18-22(16-21-6-9-23(10-7-21)32(2,30)31)26(29)24-17-20(8-11-25(24)28)5-3-4-19-12-14-27-15-13-19/h6-15,17,22H,4,16,18H2,1-2H3. The Balaban J connectivity index is 1.53. The van der Waals surface area contributed by atoms with E-state index >= 15 is 0 Å². The van der Waals surface area contributed by atoms with Crippen LogP contribution >= 0.6 is 0 Å². The van der Waals surface area contributed by atoms with Gasteiger partial charge in [-0.3, -0.25) is 9.78 Å². The molecule has 5 nitrogen and oxygen atoms in total. The number of carbonyl (C=O) groups excluding carboxylic acids is 1. The lowest BCUT2D eigenvalue weighted by molar-refractivity contribution is 0.0916. The van der Waals surface area contributed by atoms with Crippen LogP contribution in [0.5, 0.6) is 0 Å². The van der Waals surface area contributed by atoms with Crippen LogP contribution in [-0.4, -0.2) is 39.0 Å². The maximum absolute atomic E-state index is 13.3. The van der Waals surface area contributed by atoms with Crippen LogP contribution < -0.4 is 4.90 Å². The molecule has 0 bridgehead atoms. The van der Waals surface area contributed by atoms with Crippen molar-refractivity contribution in [2.24, 2.45) is 5.92 Å². The Labute approximate surface area is 189 Å². The van der Waals surface area contributed by atoms with Crippen molar-refractivity contribution in [3.63, 3.8) is 0 Å². The van der Waals surface area contributed by atoms with Crippen molar-refractivity contribution in [2.75, 3.05) is 24.7 Å². The summed E-state index contributed by atoms with van der Waals surface area (Å²) in [5.74, 6) is 6.24. The third kappa shape index (κ3) is 4.90. The summed E-state index contributed by atoms with van der Waals surface area (Å²) in [4.78, 5) is 19.7. The van der Waals surface area contributed by atoms with Crippen LogP contribution in [0, 0.1) is 17.8 Å². The molecule has 32 heavy (non-hydrogen) atoms. The van der Waals surface area contributed by atoms with E-state index in [1.807, 2.05) is 37.4 Å². The lowest BCUT2D eigenvalue weighted by Crippen LogP contribution is -2.37. The first kappa shape index (κ1) is 21.8. The van der Waals surface area contributed by atoms with E-state index in [1.54, 1.807) is 36.7 Å². The van der Waals surface area contributed by atoms with Crippen molar-refractivity contribution in [1.29, 1.82) is 0 Å². The highest BCUT2D eigenvalue weighted by Gasteiger charge is 2.30. The van der Waals surface area contributed by atoms with Crippen molar-refractivity contribution in [3.05, 3.63) is 89.2 Å². The molecule has 0 radical (unpaired) electrons. The fourth-order valence-corrected chi connectivity index (χ4v) is 4.57. The van der Waals surface area contributed by atoms with Gasteiger partial charge >= 0.3 is 0 Å². The van der Waals surface area contributed by atoms with Crippen molar-refractivity contribution < 1.29 is 13.2 Å². The van der Waals surface area contributed by atoms with E-state index in [1.165, 1.54) is 6.26 Å². The topological polar surface area (TPSA) is 67.3 Å². The molecule has 2 heterocycles. The Bertz CT molecular complexity index is 1300. The first-order valence-corrected chi connectivity index (χ1v) is 12.3. The van der Waals surface area contributed by atoms with Gasteiger partial charge < -0.3 is 4.90 Å². The van der Waals surface area contributed by atoms with Gasteiger partial charge in [0, 0.05) is 61.4 Å². The highest BCUT2D eigenvalue weighted by Crippen LogP contribution is 2.31. The summed E-state index contributed by atoms with van der Waals surface area (Å²) >= 11 is 0. The lowest BCUT2D eigenvalue weighted by Gasteiger charge is -2.32. The third-order valence-corrected chi connectivity index (χ3v) is 6.77. The smallest absolute Gasteiger partial charge is 0.175 e. The number of nitrogens with zero attached hydrogens (tertiary/aromatic N) is 2. The highest BCUT2D eigenvalue weighted by molar-refractivity contribution is 7.90. The second-order valence-electron chi connectivity index (χ2n) is 8.13. The number of fused-ring (bicyclic) bond motifs is 1. The monoisotopic (exact) mass is 444 g/mol. The lowest BCUT2D eigenvalue weighted by atomic mass is 9.86. The van der Waals surface area contributed by atoms with Crippen LogP contribution in [0.1, 0.15) is 27.0 Å². The molecule has 0 N–H and O–H groups in total. The summed E-state index contributed by atoms with van der Waals surface area (Å²) in [5.41, 5.74) is 4.47. The molecule has 1 aliphatic rings. The molecule has 1 unspecified atom stereocenters. The number of Topliss-reactive ketones (excluding diaryl/α,β-unsaturated/α-hetero) is 1. The molecule has 1 aromatic heterocycles. The number of pyridine rings is 1. The van der Waals surface area contributed by atoms with Crippen molar-refractivity contribution in [1.82, 2.24) is 4.98 Å². The largest absolute Gasteiger partial charge is 0.373 e. The van der Waals surface area contributed by atoms with Crippen molar-refractivity contribution >= 4 is 21.3 Å². The zero-order valence-electron chi connectivity index (χ0n) is 18.1. The minimum atomic E-state index is -3.23. The van der Waals surface area contributed by atoms with Crippen LogP contribution in [0.3, 0.4) is 0 Å². The molecule has 4 rings (SSSR count). The molecule has 2 aromatic carbocycles. The molecule has 162 valence electrons. The average Bonchev–Trinajstić information content (AvgIpc) is 2.78. The number of ketones is 1. The van der Waals surface area contributed by atoms with Crippen LogP contribution in [0.15, 0.2) is 71.9 Å². The molecule has 0 spiro atoms. The normalized spacial score (nSPS) is 15.6. The van der Waals surface area contributed by atoms with E-state index in [9.17, 15) is 13.2 Å². The van der Waals surface area contributed by atoms with Gasteiger partial charge in [-0.25, -0.2) is 8.42 Å². The van der Waals surface area contributed by atoms with Gasteiger partial charge in [-0.15, -0.1) is 0 Å². The summed E-state index contributed by atoms with van der Waals surface area (Å²) in [5, 5.41) is 0. The zero-order valence-corrected chi connectivity index (χ0v) is 18.9. The molecular weight excluding hydrogens is 420 g/mol. The number of aromatic nitrogens is 1. The maximum Gasteiger partial charge on any atom is 0.175 e. The van der Waals surface area contributed by atoms with E-state index in [4.69, 9.17) is 0 Å². The van der Waals surface area contributed by atoms with E-state index < -0.39 is 9.84 Å². The van der Waals surface area contributed by atoms with Crippen molar-refractivity contribution in [2.45, 2.75) is 17.7 Å². The van der Waals surface area contributed by atoms with Crippen molar-refractivity contribution in [3.8, 4) is 11.8 Å². The summed E-state index contributed by atoms with van der Waals surface area (Å²) in [6, 6.07) is 16.5. The molecule has 0 saturated carbocycles. The Morgan fingerprint density at radius 2 is 1.75 bits per heavy atom. The van der Waals surface area contributed by atoms with Crippen LogP contribution in [-0.2, 0) is 22.7 Å². The molecule has 0 aliphatic carbocycles. The van der Waals surface area contributed by atoms with Gasteiger partial charge in [0.15, 0.2) is 15.6 Å². The molecule has 0 amide bonds. The van der Waals surface area contributed by atoms with Gasteiger partial charge in [-0.1, -0.05) is 24.0 Å². The fourth-order valence-electron chi connectivity index (χ4n) is 3.94. The van der Waals surface area contributed by atoms with E-state index in [2.05, 4.69) is 21.7 Å². The fraction of sp³-hybridized carbons (Fsp3) is 0.231. The molecule has 0 saturated heterocycles. The molecule has 0 fully saturated rings. The zero-order chi connectivity index (χ0) is 22.7. The predicted octanol–water partition coefficient (Wildman–Crippen LogP) is 3.57. The summed E-state index contributed by atoms with van der Waals surface area (Å²) < 4.78 is 23.4. The third-order valence-electron chi connectivity index (χ3n) is 5.65. The molecular formula is C26H24N2O3S. The Kier molecular flexibility index (Phi) is 6.11. The van der Waals surface area contributed by atoms with Crippen LogP contribution in [0.2, 0.25) is 0 Å². The summed E-state index contributed by atoms with van der Waals surface area (Å²) in [6.07, 6.45) is 5.87. The molecule has 1 aliphatic heterocycles. The Morgan fingerprint density at radius 3 is 2.44 bits per heavy atom. The molecule has 6 heteroatoms. The Morgan fingerprint density at radius 1 is 1.03 bits per heavy atom. The molecule has 3 aromatic rings. The van der Waals surface area contributed by atoms with Gasteiger partial charge in [0.05, 0.1) is 4.90 Å². The first-order chi connectivity index (χ1) is 15.3. The summed E-state index contributed by atoms with van der Waals surface area (Å²) in [7, 11) is -1.25. The second kappa shape index (κ2) is 8.97. The van der Waals surface area contributed by atoms with E-state index in [0.717, 1.165) is 22.4 Å². The number of anilines is 1. The highest BCUT2D eigenvalue weighted by atomic mass is 32.2. The maximum atomic E-state index is 13.3. The number of rotatable bonds is 4. The minimum Gasteiger partial charge on any atom is -0.373 e. The van der Waals surface area contributed by atoms with E-state index in [0.29, 0.717) is 24.9 Å². The second-order valence-corrected chi connectivity index (χ2v) is 10.1. The van der Waals surface area contributed by atoms with Gasteiger partial charge in [0.25, 0.3) is 0 Å². The van der Waals surface area contributed by atoms with Crippen LogP contribution in [0.4, 0.5) is 5.69 Å². The van der Waals surface area contributed by atoms with Gasteiger partial charge in [-0.05, 0) is 60.0 Å². The first-order valence-electron chi connectivity index (χ1n) is 10.4. The number of sulfone groups is 1. The SMILES string of the molecule is CN1CC(Cc2ccc(S(C)(=O)=O)cc2)C(=O)c2cc(C#CCc3ccncc3)ccc21. The number of hydrogen-bond acceptors (Lipinski definition) is 5. The van der Waals surface area contributed by atoms with E-state index in [-0.39, 0.29) is 16.6 Å². The number of carbonyl (C=O) groups is 1. The van der Waals surface area contributed by atoms with Gasteiger partial charge in [0.2, 0.25) is 0 Å². The predicted molar refractivity (Wildman–Crippen MR) is 126 cm³/mol. The molecule has 1 atom stereocenters. The quantitative estimate of drug-likeness (QED) is 0.576.